The maximum atomic E-state index is 13.0. The number of nitrogens with one attached hydrogen (secondary N) is 2. The van der Waals surface area contributed by atoms with Gasteiger partial charge >= 0.3 is 0 Å². The Morgan fingerprint density at radius 1 is 1.24 bits per heavy atom. The second kappa shape index (κ2) is 7.67. The van der Waals surface area contributed by atoms with Gasteiger partial charge in [-0.3, -0.25) is 4.79 Å². The second-order valence-electron chi connectivity index (χ2n) is 9.83. The lowest BCUT2D eigenvalue weighted by Gasteiger charge is -2.27. The number of aromatic amines is 1. The summed E-state index contributed by atoms with van der Waals surface area (Å²) in [5, 5.41) is 9.04. The molecule has 2 atom stereocenters. The molecule has 33 heavy (non-hydrogen) atoms. The summed E-state index contributed by atoms with van der Waals surface area (Å²) in [4.78, 5) is 25.8. The molecule has 1 amide bonds. The van der Waals surface area contributed by atoms with E-state index in [0.717, 1.165) is 49.4 Å². The molecule has 1 saturated carbocycles. The Labute approximate surface area is 197 Å². The summed E-state index contributed by atoms with van der Waals surface area (Å²) in [6, 6.07) is 2.20. The number of pyridine rings is 1. The average molecular weight is 463 g/mol. The normalized spacial score (nSPS) is 20.9. The van der Waals surface area contributed by atoms with E-state index in [0.29, 0.717) is 17.7 Å². The Hall–Kier alpha value is -2.71. The molecule has 4 aromatic heterocycles. The fraction of sp³-hybridized carbons (Fsp3) is 0.480. The Bertz CT molecular complexity index is 1370. The number of rotatable bonds is 4. The third kappa shape index (κ3) is 3.30. The van der Waals surface area contributed by atoms with Crippen LogP contribution in [0.15, 0.2) is 18.6 Å². The fourth-order valence-corrected chi connectivity index (χ4v) is 6.92. The van der Waals surface area contributed by atoms with Gasteiger partial charge < -0.3 is 15.2 Å². The number of aryl methyl sites for hydroxylation is 2. The van der Waals surface area contributed by atoms with Crippen LogP contribution in [-0.4, -0.2) is 56.6 Å². The fourth-order valence-electron chi connectivity index (χ4n) is 5.52. The summed E-state index contributed by atoms with van der Waals surface area (Å²) in [6.07, 6.45) is 4.65. The zero-order valence-corrected chi connectivity index (χ0v) is 20.4. The van der Waals surface area contributed by atoms with Gasteiger partial charge in [-0.15, -0.1) is 11.3 Å². The summed E-state index contributed by atoms with van der Waals surface area (Å²) in [6.45, 7) is 12.3. The van der Waals surface area contributed by atoms with Gasteiger partial charge in [0.15, 0.2) is 5.65 Å². The second-order valence-corrected chi connectivity index (χ2v) is 10.9. The van der Waals surface area contributed by atoms with Crippen LogP contribution in [0, 0.1) is 19.8 Å². The van der Waals surface area contributed by atoms with Crippen molar-refractivity contribution in [3.8, 4) is 11.3 Å². The summed E-state index contributed by atoms with van der Waals surface area (Å²) in [5.41, 5.74) is 7.02. The molecule has 2 aliphatic rings. The van der Waals surface area contributed by atoms with Crippen molar-refractivity contribution in [2.24, 2.45) is 5.92 Å². The molecule has 7 nitrogen and oxygen atoms in total. The number of H-pyrrole nitrogens is 1. The van der Waals surface area contributed by atoms with Crippen LogP contribution < -0.4 is 5.32 Å². The van der Waals surface area contributed by atoms with Crippen LogP contribution in [0.4, 0.5) is 0 Å². The third-order valence-corrected chi connectivity index (χ3v) is 8.60. The SMILES string of the molecule is Cc1c(C2CC2C(=O)N2CCNCC2)sc2[nH]c(-c3cc(C)c4ncnn4c3)c(C(C)C)c12. The number of hydrogen-bond acceptors (Lipinski definition) is 5. The molecule has 172 valence electrons. The van der Waals surface area contributed by atoms with Crippen LogP contribution in [-0.2, 0) is 4.79 Å². The van der Waals surface area contributed by atoms with Crippen LogP contribution in [0.5, 0.6) is 0 Å². The van der Waals surface area contributed by atoms with Crippen molar-refractivity contribution in [2.45, 2.75) is 46.0 Å². The monoisotopic (exact) mass is 462 g/mol. The van der Waals surface area contributed by atoms with E-state index in [1.807, 2.05) is 15.9 Å². The van der Waals surface area contributed by atoms with Crippen LogP contribution in [0.3, 0.4) is 0 Å². The number of carbonyl (C=O) groups excluding carboxylic acids is 1. The highest BCUT2D eigenvalue weighted by Gasteiger charge is 2.47. The molecule has 2 fully saturated rings. The molecule has 1 saturated heterocycles. The van der Waals surface area contributed by atoms with Crippen molar-refractivity contribution in [2.75, 3.05) is 26.2 Å². The molecule has 1 aliphatic carbocycles. The highest BCUT2D eigenvalue weighted by molar-refractivity contribution is 7.19. The van der Waals surface area contributed by atoms with E-state index in [-0.39, 0.29) is 5.92 Å². The van der Waals surface area contributed by atoms with Crippen molar-refractivity contribution < 1.29 is 4.79 Å². The summed E-state index contributed by atoms with van der Waals surface area (Å²) < 4.78 is 1.86. The number of piperazine rings is 1. The van der Waals surface area contributed by atoms with Gasteiger partial charge in [0, 0.05) is 60.0 Å². The average Bonchev–Trinajstić information content (AvgIpc) is 3.14. The molecule has 2 unspecified atom stereocenters. The minimum atomic E-state index is 0.156. The van der Waals surface area contributed by atoms with Crippen molar-refractivity contribution in [1.29, 1.82) is 0 Å². The van der Waals surface area contributed by atoms with E-state index < -0.39 is 0 Å². The van der Waals surface area contributed by atoms with E-state index in [2.05, 4.69) is 65.2 Å². The minimum Gasteiger partial charge on any atom is -0.346 e. The molecule has 6 rings (SSSR count). The van der Waals surface area contributed by atoms with Gasteiger partial charge in [0.2, 0.25) is 5.91 Å². The first-order chi connectivity index (χ1) is 15.9. The zero-order valence-electron chi connectivity index (χ0n) is 19.6. The van der Waals surface area contributed by atoms with E-state index >= 15 is 0 Å². The first-order valence-corrected chi connectivity index (χ1v) is 12.7. The predicted octanol–water partition coefficient (Wildman–Crippen LogP) is 4.21. The van der Waals surface area contributed by atoms with Gasteiger partial charge in [-0.25, -0.2) is 9.50 Å². The summed E-state index contributed by atoms with van der Waals surface area (Å²) in [7, 11) is 0. The molecule has 4 aromatic rings. The van der Waals surface area contributed by atoms with Gasteiger partial charge in [-0.1, -0.05) is 13.8 Å². The lowest BCUT2D eigenvalue weighted by atomic mass is 9.95. The molecule has 8 heteroatoms. The van der Waals surface area contributed by atoms with Crippen LogP contribution in [0.2, 0.25) is 0 Å². The number of thiophene rings is 1. The molecular formula is C25H30N6OS. The van der Waals surface area contributed by atoms with Crippen molar-refractivity contribution in [3.05, 3.63) is 40.2 Å². The number of hydrogen-bond donors (Lipinski definition) is 2. The van der Waals surface area contributed by atoms with Gasteiger partial charge in [-0.05, 0) is 48.9 Å². The van der Waals surface area contributed by atoms with Crippen molar-refractivity contribution in [1.82, 2.24) is 29.8 Å². The zero-order chi connectivity index (χ0) is 22.9. The first kappa shape index (κ1) is 20.9. The lowest BCUT2D eigenvalue weighted by molar-refractivity contribution is -0.133. The van der Waals surface area contributed by atoms with Crippen LogP contribution >= 0.6 is 11.3 Å². The highest BCUT2D eigenvalue weighted by atomic mass is 32.1. The maximum Gasteiger partial charge on any atom is 0.226 e. The smallest absolute Gasteiger partial charge is 0.226 e. The largest absolute Gasteiger partial charge is 0.346 e. The molecule has 1 aliphatic heterocycles. The minimum absolute atomic E-state index is 0.156. The van der Waals surface area contributed by atoms with Gasteiger partial charge in [0.1, 0.15) is 11.2 Å². The number of carbonyl (C=O) groups is 1. The topological polar surface area (TPSA) is 78.3 Å². The molecule has 0 radical (unpaired) electrons. The summed E-state index contributed by atoms with van der Waals surface area (Å²) >= 11 is 1.85. The van der Waals surface area contributed by atoms with E-state index in [9.17, 15) is 4.79 Å². The Morgan fingerprint density at radius 2 is 2.03 bits per heavy atom. The number of nitrogens with zero attached hydrogens (tertiary/aromatic N) is 4. The molecule has 2 N–H and O–H groups in total. The number of aromatic nitrogens is 4. The predicted molar refractivity (Wildman–Crippen MR) is 132 cm³/mol. The maximum absolute atomic E-state index is 13.0. The van der Waals surface area contributed by atoms with Gasteiger partial charge in [0.25, 0.3) is 0 Å². The van der Waals surface area contributed by atoms with E-state index in [1.165, 1.54) is 31.9 Å². The molecule has 0 bridgehead atoms. The standard InChI is InChI=1S/C25H30N6OS/c1-13(2)19-20-15(4)22(17-10-18(17)25(32)30-7-5-26-6-8-30)33-24(20)29-21(19)16-9-14(3)23-27-12-28-31(23)11-16/h9,11-13,17-18,26,29H,5-8,10H2,1-4H3. The lowest BCUT2D eigenvalue weighted by Crippen LogP contribution is -2.47. The van der Waals surface area contributed by atoms with Gasteiger partial charge in [-0.2, -0.15) is 5.10 Å². The molecular weight excluding hydrogens is 432 g/mol. The van der Waals surface area contributed by atoms with E-state index in [4.69, 9.17) is 0 Å². The number of amides is 1. The first-order valence-electron chi connectivity index (χ1n) is 11.9. The molecule has 0 spiro atoms. The Balaban J connectivity index is 1.38. The van der Waals surface area contributed by atoms with E-state index in [1.54, 1.807) is 6.33 Å². The van der Waals surface area contributed by atoms with Crippen LogP contribution in [0.25, 0.3) is 27.1 Å². The van der Waals surface area contributed by atoms with Crippen LogP contribution in [0.1, 0.15) is 53.7 Å². The van der Waals surface area contributed by atoms with Gasteiger partial charge in [0.05, 0.1) is 5.69 Å². The Morgan fingerprint density at radius 3 is 2.79 bits per heavy atom. The molecule has 0 aromatic carbocycles. The highest BCUT2D eigenvalue weighted by Crippen LogP contribution is 2.54. The summed E-state index contributed by atoms with van der Waals surface area (Å²) in [5.74, 6) is 1.25. The number of fused-ring (bicyclic) bond motifs is 2. The van der Waals surface area contributed by atoms with Crippen molar-refractivity contribution >= 4 is 33.1 Å². The van der Waals surface area contributed by atoms with Crippen molar-refractivity contribution in [3.63, 3.8) is 0 Å². The Kier molecular flexibility index (Phi) is 4.85. The third-order valence-electron chi connectivity index (χ3n) is 7.26. The quantitative estimate of drug-likeness (QED) is 0.476. The molecule has 5 heterocycles.